The zero-order valence-corrected chi connectivity index (χ0v) is 15.6. The maximum atomic E-state index is 6.14. The van der Waals surface area contributed by atoms with E-state index >= 15 is 0 Å². The van der Waals surface area contributed by atoms with Gasteiger partial charge in [0.25, 0.3) is 0 Å². The van der Waals surface area contributed by atoms with E-state index in [4.69, 9.17) is 4.43 Å². The fraction of sp³-hybridized carbons (Fsp3) is 1.00. The molecule has 0 rings (SSSR count). The Hall–Kier alpha value is 0.177. The first-order chi connectivity index (χ1) is 7.39. The fourth-order valence-corrected chi connectivity index (χ4v) is 3.57. The van der Waals surface area contributed by atoms with Gasteiger partial charge in [-0.25, -0.2) is 0 Å². The zero-order chi connectivity index (χ0) is 13.9. The van der Waals surface area contributed by atoms with Gasteiger partial charge in [0.1, 0.15) is 10.5 Å². The second kappa shape index (κ2) is 5.88. The van der Waals surface area contributed by atoms with Gasteiger partial charge in [0, 0.05) is 0 Å². The molecular formula is C15H34OSi. The molecule has 0 saturated heterocycles. The molecule has 0 radical (unpaired) electrons. The molecule has 17 heavy (non-hydrogen) atoms. The third-order valence-electron chi connectivity index (χ3n) is 2.92. The van der Waals surface area contributed by atoms with Crippen molar-refractivity contribution < 1.29 is 4.43 Å². The van der Waals surface area contributed by atoms with Crippen molar-refractivity contribution in [3.63, 3.8) is 0 Å². The minimum Gasteiger partial charge on any atom is -0.422 e. The van der Waals surface area contributed by atoms with Crippen LogP contribution in [0.25, 0.3) is 0 Å². The monoisotopic (exact) mass is 258 g/mol. The van der Waals surface area contributed by atoms with E-state index in [1.165, 1.54) is 19.3 Å². The molecule has 0 heterocycles. The smallest absolute Gasteiger partial charge is 0.146 e. The van der Waals surface area contributed by atoms with Crippen molar-refractivity contribution in [1.29, 1.82) is 0 Å². The summed E-state index contributed by atoms with van der Waals surface area (Å²) in [5.41, 5.74) is 0.770. The first kappa shape index (κ1) is 17.2. The number of hydrogen-bond donors (Lipinski definition) is 0. The standard InChI is InChI=1S/C15H34OSi/c1-12(2)9-15(16-17,10-13(3,4)5)11-14(6,7)8/h12H,9-11H2,1-8,17H3. The Kier molecular flexibility index (Phi) is 5.94. The molecule has 0 saturated carbocycles. The summed E-state index contributed by atoms with van der Waals surface area (Å²) < 4.78 is 6.14. The molecule has 0 amide bonds. The Balaban J connectivity index is 5.01. The van der Waals surface area contributed by atoms with Crippen LogP contribution >= 0.6 is 0 Å². The van der Waals surface area contributed by atoms with E-state index in [0.29, 0.717) is 16.7 Å². The van der Waals surface area contributed by atoms with Gasteiger partial charge in [-0.1, -0.05) is 55.4 Å². The van der Waals surface area contributed by atoms with Crippen LogP contribution in [-0.2, 0) is 4.43 Å². The third-order valence-corrected chi connectivity index (χ3v) is 3.78. The summed E-state index contributed by atoms with van der Waals surface area (Å²) in [6.45, 7) is 18.6. The lowest BCUT2D eigenvalue weighted by atomic mass is 9.71. The lowest BCUT2D eigenvalue weighted by molar-refractivity contribution is -0.0175. The van der Waals surface area contributed by atoms with Crippen molar-refractivity contribution in [2.75, 3.05) is 0 Å². The van der Waals surface area contributed by atoms with Crippen LogP contribution in [0.4, 0.5) is 0 Å². The molecule has 0 N–H and O–H groups in total. The van der Waals surface area contributed by atoms with Crippen LogP contribution in [-0.4, -0.2) is 16.1 Å². The summed E-state index contributed by atoms with van der Waals surface area (Å²) in [6, 6.07) is 0. The Bertz CT molecular complexity index is 204. The van der Waals surface area contributed by atoms with Crippen molar-refractivity contribution in [3.8, 4) is 0 Å². The molecule has 2 heteroatoms. The van der Waals surface area contributed by atoms with Crippen LogP contribution in [0.3, 0.4) is 0 Å². The van der Waals surface area contributed by atoms with Gasteiger partial charge >= 0.3 is 0 Å². The summed E-state index contributed by atoms with van der Waals surface area (Å²) in [6.07, 6.45) is 3.52. The minimum atomic E-state index is 0.0941. The normalized spacial score (nSPS) is 14.6. The van der Waals surface area contributed by atoms with Gasteiger partial charge in [0.15, 0.2) is 0 Å². The topological polar surface area (TPSA) is 9.23 Å². The minimum absolute atomic E-state index is 0.0941. The van der Waals surface area contributed by atoms with Gasteiger partial charge in [-0.15, -0.1) is 0 Å². The maximum absolute atomic E-state index is 6.14. The molecule has 0 aliphatic rings. The Labute approximate surface area is 112 Å². The first-order valence-electron chi connectivity index (χ1n) is 6.94. The molecule has 0 spiro atoms. The summed E-state index contributed by atoms with van der Waals surface area (Å²) >= 11 is 0. The highest BCUT2D eigenvalue weighted by molar-refractivity contribution is 5.98. The van der Waals surface area contributed by atoms with Crippen LogP contribution < -0.4 is 0 Å². The highest BCUT2D eigenvalue weighted by Crippen LogP contribution is 2.41. The van der Waals surface area contributed by atoms with Gasteiger partial charge in [-0.2, -0.15) is 0 Å². The van der Waals surface area contributed by atoms with Gasteiger partial charge < -0.3 is 4.43 Å². The Morgan fingerprint density at radius 3 is 1.41 bits per heavy atom. The average molecular weight is 259 g/mol. The first-order valence-corrected chi connectivity index (χ1v) is 7.76. The molecule has 0 aromatic heterocycles. The number of rotatable bonds is 5. The largest absolute Gasteiger partial charge is 0.422 e. The molecule has 0 atom stereocenters. The van der Waals surface area contributed by atoms with E-state index in [1.807, 2.05) is 0 Å². The van der Waals surface area contributed by atoms with Crippen molar-refractivity contribution >= 4 is 10.5 Å². The lowest BCUT2D eigenvalue weighted by Gasteiger charge is -2.43. The van der Waals surface area contributed by atoms with Crippen molar-refractivity contribution in [1.82, 2.24) is 0 Å². The van der Waals surface area contributed by atoms with Crippen molar-refractivity contribution in [2.45, 2.75) is 80.3 Å². The second-order valence-electron chi connectivity index (χ2n) is 8.46. The lowest BCUT2D eigenvalue weighted by Crippen LogP contribution is -2.41. The van der Waals surface area contributed by atoms with Gasteiger partial charge in [-0.3, -0.25) is 0 Å². The molecule has 0 fully saturated rings. The van der Waals surface area contributed by atoms with Gasteiger partial charge in [-0.05, 0) is 36.0 Å². The molecule has 0 aliphatic heterocycles. The zero-order valence-electron chi connectivity index (χ0n) is 13.6. The van der Waals surface area contributed by atoms with E-state index in [-0.39, 0.29) is 5.60 Å². The second-order valence-corrected chi connectivity index (χ2v) is 8.87. The average Bonchev–Trinajstić information content (AvgIpc) is 1.95. The van der Waals surface area contributed by atoms with Gasteiger partial charge in [0.2, 0.25) is 0 Å². The number of hydrogen-bond acceptors (Lipinski definition) is 1. The summed E-state index contributed by atoms with van der Waals surface area (Å²) in [5, 5.41) is 0. The van der Waals surface area contributed by atoms with E-state index in [1.54, 1.807) is 0 Å². The maximum Gasteiger partial charge on any atom is 0.146 e. The fourth-order valence-electron chi connectivity index (χ4n) is 3.11. The van der Waals surface area contributed by atoms with E-state index < -0.39 is 0 Å². The predicted molar refractivity (Wildman–Crippen MR) is 81.4 cm³/mol. The Morgan fingerprint density at radius 1 is 0.882 bits per heavy atom. The quantitative estimate of drug-likeness (QED) is 0.679. The van der Waals surface area contributed by atoms with Crippen molar-refractivity contribution in [3.05, 3.63) is 0 Å². The summed E-state index contributed by atoms with van der Waals surface area (Å²) in [4.78, 5) is 0. The molecule has 0 aromatic carbocycles. The highest BCUT2D eigenvalue weighted by atomic mass is 28.2. The van der Waals surface area contributed by atoms with Crippen LogP contribution in [0.15, 0.2) is 0 Å². The molecule has 0 aromatic rings. The molecule has 0 bridgehead atoms. The summed E-state index contributed by atoms with van der Waals surface area (Å²) in [7, 11) is 0.838. The van der Waals surface area contributed by atoms with Gasteiger partial charge in [0.05, 0.1) is 5.60 Å². The van der Waals surface area contributed by atoms with Crippen LogP contribution in [0.1, 0.15) is 74.7 Å². The molecule has 104 valence electrons. The van der Waals surface area contributed by atoms with Crippen LogP contribution in [0.5, 0.6) is 0 Å². The van der Waals surface area contributed by atoms with Crippen LogP contribution in [0.2, 0.25) is 0 Å². The predicted octanol–water partition coefficient (Wildman–Crippen LogP) is 3.94. The molecule has 0 aliphatic carbocycles. The van der Waals surface area contributed by atoms with E-state index in [2.05, 4.69) is 55.4 Å². The molecular weight excluding hydrogens is 224 g/mol. The third kappa shape index (κ3) is 7.99. The molecule has 1 nitrogen and oxygen atoms in total. The Morgan fingerprint density at radius 2 is 1.24 bits per heavy atom. The molecule has 0 unspecified atom stereocenters. The van der Waals surface area contributed by atoms with E-state index in [9.17, 15) is 0 Å². The SMILES string of the molecule is CC(C)CC(CC(C)(C)C)(CC(C)(C)C)O[SiH3]. The summed E-state index contributed by atoms with van der Waals surface area (Å²) in [5.74, 6) is 0.702. The van der Waals surface area contributed by atoms with Crippen molar-refractivity contribution in [2.24, 2.45) is 16.7 Å². The van der Waals surface area contributed by atoms with Crippen LogP contribution in [0, 0.1) is 16.7 Å². The van der Waals surface area contributed by atoms with E-state index in [0.717, 1.165) is 10.5 Å². The highest BCUT2D eigenvalue weighted by Gasteiger charge is 2.37.